The summed E-state index contributed by atoms with van der Waals surface area (Å²) in [5, 5.41) is 0. The van der Waals surface area contributed by atoms with E-state index in [4.69, 9.17) is 4.74 Å². The highest BCUT2D eigenvalue weighted by atomic mass is 16.6. The average Bonchev–Trinajstić information content (AvgIpc) is 2.67. The Labute approximate surface area is 162 Å². The molecule has 3 rings (SSSR count). The van der Waals surface area contributed by atoms with Gasteiger partial charge in [0.25, 0.3) is 0 Å². The molecule has 0 saturated carbocycles. The Balaban J connectivity index is 1.72. The standard InChI is InChI=1S/C23H30N2O2/c1-22(2,3)27-21(26)25-17-14-23(15-18-25,20-11-7-8-16-24-20)13-12-19-9-5-4-6-10-19/h4-11,16H,12-15,17-18H2,1-3H3. The van der Waals surface area contributed by atoms with Gasteiger partial charge in [-0.15, -0.1) is 0 Å². The molecule has 4 heteroatoms. The molecule has 0 unspecified atom stereocenters. The molecule has 1 aromatic carbocycles. The topological polar surface area (TPSA) is 42.4 Å². The van der Waals surface area contributed by atoms with Crippen LogP contribution in [0.5, 0.6) is 0 Å². The molecule has 1 aliphatic heterocycles. The first-order chi connectivity index (χ1) is 12.9. The fraction of sp³-hybridized carbons (Fsp3) is 0.478. The van der Waals surface area contributed by atoms with Crippen LogP contribution in [0.25, 0.3) is 0 Å². The summed E-state index contributed by atoms with van der Waals surface area (Å²) >= 11 is 0. The SMILES string of the molecule is CC(C)(C)OC(=O)N1CCC(CCc2ccccc2)(c2ccccn2)CC1. The minimum absolute atomic E-state index is 0.00954. The zero-order valence-electron chi connectivity index (χ0n) is 16.6. The fourth-order valence-electron chi connectivity index (χ4n) is 3.78. The Morgan fingerprint density at radius 3 is 2.33 bits per heavy atom. The molecule has 1 saturated heterocycles. The van der Waals surface area contributed by atoms with E-state index in [0.717, 1.165) is 31.4 Å². The number of nitrogens with zero attached hydrogens (tertiary/aromatic N) is 2. The van der Waals surface area contributed by atoms with Crippen LogP contribution in [0.1, 0.15) is 51.3 Å². The van der Waals surface area contributed by atoms with Crippen LogP contribution >= 0.6 is 0 Å². The third-order valence-corrected chi connectivity index (χ3v) is 5.32. The summed E-state index contributed by atoms with van der Waals surface area (Å²) in [5.41, 5.74) is 2.04. The first-order valence-electron chi connectivity index (χ1n) is 9.81. The highest BCUT2D eigenvalue weighted by Crippen LogP contribution is 2.39. The number of rotatable bonds is 4. The molecule has 0 atom stereocenters. The maximum absolute atomic E-state index is 12.4. The van der Waals surface area contributed by atoms with Crippen LogP contribution in [0, 0.1) is 0 Å². The van der Waals surface area contributed by atoms with E-state index in [0.29, 0.717) is 13.1 Å². The molecule has 2 aromatic rings. The van der Waals surface area contributed by atoms with Crippen molar-refractivity contribution in [3.8, 4) is 0 Å². The number of amides is 1. The van der Waals surface area contributed by atoms with Gasteiger partial charge < -0.3 is 9.64 Å². The van der Waals surface area contributed by atoms with Gasteiger partial charge in [-0.05, 0) is 64.2 Å². The maximum atomic E-state index is 12.4. The molecular weight excluding hydrogens is 336 g/mol. The van der Waals surface area contributed by atoms with Crippen LogP contribution in [-0.4, -0.2) is 34.7 Å². The summed E-state index contributed by atoms with van der Waals surface area (Å²) < 4.78 is 5.55. The van der Waals surface area contributed by atoms with Gasteiger partial charge in [-0.1, -0.05) is 36.4 Å². The number of hydrogen-bond acceptors (Lipinski definition) is 3. The molecule has 0 radical (unpaired) electrons. The van der Waals surface area contributed by atoms with Crippen molar-refractivity contribution in [2.75, 3.05) is 13.1 Å². The lowest BCUT2D eigenvalue weighted by Crippen LogP contribution is -2.47. The summed E-state index contributed by atoms with van der Waals surface area (Å²) in [4.78, 5) is 19.0. The average molecular weight is 367 g/mol. The number of hydrogen-bond donors (Lipinski definition) is 0. The number of carbonyl (C=O) groups excluding carboxylic acids is 1. The van der Waals surface area contributed by atoms with Crippen molar-refractivity contribution in [3.05, 3.63) is 66.0 Å². The van der Waals surface area contributed by atoms with Crippen molar-refractivity contribution in [3.63, 3.8) is 0 Å². The van der Waals surface area contributed by atoms with E-state index in [1.165, 1.54) is 5.56 Å². The van der Waals surface area contributed by atoms with Crippen LogP contribution in [0.4, 0.5) is 4.79 Å². The molecule has 0 N–H and O–H groups in total. The second kappa shape index (κ2) is 8.12. The number of likely N-dealkylation sites (tertiary alicyclic amines) is 1. The largest absolute Gasteiger partial charge is 0.444 e. The molecule has 0 aliphatic carbocycles. The molecule has 0 bridgehead atoms. The van der Waals surface area contributed by atoms with Gasteiger partial charge in [-0.25, -0.2) is 4.79 Å². The number of benzene rings is 1. The van der Waals surface area contributed by atoms with Gasteiger partial charge in [-0.2, -0.15) is 0 Å². The second-order valence-electron chi connectivity index (χ2n) is 8.45. The van der Waals surface area contributed by atoms with Gasteiger partial charge in [0.2, 0.25) is 0 Å². The van der Waals surface area contributed by atoms with E-state index >= 15 is 0 Å². The number of ether oxygens (including phenoxy) is 1. The molecule has 144 valence electrons. The van der Waals surface area contributed by atoms with Crippen LogP contribution in [-0.2, 0) is 16.6 Å². The highest BCUT2D eigenvalue weighted by molar-refractivity contribution is 5.68. The number of pyridine rings is 1. The quantitative estimate of drug-likeness (QED) is 0.766. The zero-order valence-corrected chi connectivity index (χ0v) is 16.6. The lowest BCUT2D eigenvalue weighted by atomic mass is 9.71. The van der Waals surface area contributed by atoms with Crippen molar-refractivity contribution >= 4 is 6.09 Å². The Kier molecular flexibility index (Phi) is 5.83. The van der Waals surface area contributed by atoms with Crippen molar-refractivity contribution in [2.45, 2.75) is 57.5 Å². The van der Waals surface area contributed by atoms with Crippen molar-refractivity contribution in [2.24, 2.45) is 0 Å². The minimum atomic E-state index is -0.458. The zero-order chi connectivity index (χ0) is 19.3. The van der Waals surface area contributed by atoms with Crippen molar-refractivity contribution in [1.82, 2.24) is 9.88 Å². The molecule has 4 nitrogen and oxygen atoms in total. The first kappa shape index (κ1) is 19.4. The Morgan fingerprint density at radius 1 is 1.07 bits per heavy atom. The summed E-state index contributed by atoms with van der Waals surface area (Å²) in [7, 11) is 0. The second-order valence-corrected chi connectivity index (χ2v) is 8.45. The predicted molar refractivity (Wildman–Crippen MR) is 108 cm³/mol. The van der Waals surface area contributed by atoms with E-state index in [1.54, 1.807) is 0 Å². The molecule has 27 heavy (non-hydrogen) atoms. The van der Waals surface area contributed by atoms with Crippen LogP contribution < -0.4 is 0 Å². The normalized spacial score (nSPS) is 16.8. The van der Waals surface area contributed by atoms with Crippen LogP contribution in [0.2, 0.25) is 0 Å². The van der Waals surface area contributed by atoms with Gasteiger partial charge >= 0.3 is 6.09 Å². The fourth-order valence-corrected chi connectivity index (χ4v) is 3.78. The number of piperidine rings is 1. The molecular formula is C23H30N2O2. The monoisotopic (exact) mass is 366 g/mol. The smallest absolute Gasteiger partial charge is 0.410 e. The van der Waals surface area contributed by atoms with E-state index in [-0.39, 0.29) is 11.5 Å². The van der Waals surface area contributed by atoms with Gasteiger partial charge in [0, 0.05) is 30.4 Å². The summed E-state index contributed by atoms with van der Waals surface area (Å²) in [5.74, 6) is 0. The van der Waals surface area contributed by atoms with E-state index in [2.05, 4.69) is 47.4 Å². The highest BCUT2D eigenvalue weighted by Gasteiger charge is 2.39. The lowest BCUT2D eigenvalue weighted by molar-refractivity contribution is 0.0156. The van der Waals surface area contributed by atoms with Gasteiger partial charge in [0.15, 0.2) is 0 Å². The minimum Gasteiger partial charge on any atom is -0.444 e. The Morgan fingerprint density at radius 2 is 1.74 bits per heavy atom. The molecule has 0 spiro atoms. The first-order valence-corrected chi connectivity index (χ1v) is 9.81. The summed E-state index contributed by atoms with van der Waals surface area (Å²) in [6.07, 6.45) is 5.55. The van der Waals surface area contributed by atoms with E-state index in [9.17, 15) is 4.79 Å². The van der Waals surface area contributed by atoms with Crippen LogP contribution in [0.15, 0.2) is 54.7 Å². The van der Waals surface area contributed by atoms with E-state index < -0.39 is 5.60 Å². The number of carbonyl (C=O) groups is 1. The summed E-state index contributed by atoms with van der Waals surface area (Å²) in [6, 6.07) is 16.8. The van der Waals surface area contributed by atoms with Gasteiger partial charge in [-0.3, -0.25) is 4.98 Å². The molecule has 1 aromatic heterocycles. The van der Waals surface area contributed by atoms with Crippen LogP contribution in [0.3, 0.4) is 0 Å². The van der Waals surface area contributed by atoms with Gasteiger partial charge in [0.05, 0.1) is 0 Å². The predicted octanol–water partition coefficient (Wildman–Crippen LogP) is 4.98. The third-order valence-electron chi connectivity index (χ3n) is 5.32. The van der Waals surface area contributed by atoms with Gasteiger partial charge in [0.1, 0.15) is 5.60 Å². The van der Waals surface area contributed by atoms with Crippen molar-refractivity contribution in [1.29, 1.82) is 0 Å². The third kappa shape index (κ3) is 5.09. The Hall–Kier alpha value is -2.36. The molecule has 1 aliphatic rings. The lowest BCUT2D eigenvalue weighted by Gasteiger charge is -2.42. The van der Waals surface area contributed by atoms with E-state index in [1.807, 2.05) is 37.9 Å². The molecule has 2 heterocycles. The molecule has 1 amide bonds. The number of aryl methyl sites for hydroxylation is 1. The number of aromatic nitrogens is 1. The summed E-state index contributed by atoms with van der Waals surface area (Å²) in [6.45, 7) is 7.15. The van der Waals surface area contributed by atoms with Crippen molar-refractivity contribution < 1.29 is 9.53 Å². The molecule has 1 fully saturated rings. The Bertz CT molecular complexity index is 730. The maximum Gasteiger partial charge on any atom is 0.410 e.